The Bertz CT molecular complexity index is 544. The van der Waals surface area contributed by atoms with Crippen LogP contribution in [0.15, 0.2) is 18.2 Å². The van der Waals surface area contributed by atoms with Crippen LogP contribution in [0.5, 0.6) is 0 Å². The molecule has 0 atom stereocenters. The number of nitro groups is 1. The summed E-state index contributed by atoms with van der Waals surface area (Å²) in [4.78, 5) is 22.6. The lowest BCUT2D eigenvalue weighted by Crippen LogP contribution is -2.37. The molecule has 1 aromatic carbocycles. The molecule has 22 heavy (non-hydrogen) atoms. The predicted octanol–water partition coefficient (Wildman–Crippen LogP) is 3.17. The van der Waals surface area contributed by atoms with E-state index in [1.54, 1.807) is 0 Å². The zero-order chi connectivity index (χ0) is 16.8. The van der Waals surface area contributed by atoms with Gasteiger partial charge in [-0.2, -0.15) is 0 Å². The molecule has 6 nitrogen and oxygen atoms in total. The molecule has 0 aliphatic carbocycles. The molecule has 0 saturated heterocycles. The molecule has 2 N–H and O–H groups in total. The quantitative estimate of drug-likeness (QED) is 0.566. The van der Waals surface area contributed by atoms with E-state index < -0.39 is 10.8 Å². The van der Waals surface area contributed by atoms with Gasteiger partial charge in [-0.3, -0.25) is 14.9 Å². The lowest BCUT2D eigenvalue weighted by molar-refractivity contribution is -0.385. The van der Waals surface area contributed by atoms with Gasteiger partial charge in [-0.05, 0) is 36.8 Å². The number of hydrogen-bond donors (Lipinski definition) is 2. The molecule has 7 heteroatoms. The van der Waals surface area contributed by atoms with Crippen molar-refractivity contribution in [2.24, 2.45) is 5.41 Å². The second kappa shape index (κ2) is 8.10. The number of nitrogens with zero attached hydrogens (tertiary/aromatic N) is 1. The molecule has 0 heterocycles. The van der Waals surface area contributed by atoms with Crippen LogP contribution in [0.25, 0.3) is 0 Å². The fraction of sp³-hybridized carbons (Fsp3) is 0.533. The smallest absolute Gasteiger partial charge is 0.283 e. The standard InChI is InChI=1S/C15H21ClN2O4/c1-3-15(4-2,7-8-19)10-17-14(20)12-6-5-11(16)9-13(12)18(21)22/h5-6,9,19H,3-4,7-8,10H2,1-2H3,(H,17,20). The van der Waals surface area contributed by atoms with Gasteiger partial charge in [0.1, 0.15) is 5.56 Å². The number of rotatable bonds is 8. The maximum Gasteiger partial charge on any atom is 0.283 e. The second-order valence-electron chi connectivity index (χ2n) is 5.28. The SMILES string of the molecule is CCC(CC)(CCO)CNC(=O)c1ccc(Cl)cc1[N+](=O)[O-]. The maximum absolute atomic E-state index is 12.2. The second-order valence-corrected chi connectivity index (χ2v) is 5.72. The molecule has 0 saturated carbocycles. The highest BCUT2D eigenvalue weighted by molar-refractivity contribution is 6.31. The van der Waals surface area contributed by atoms with Crippen molar-refractivity contribution in [3.05, 3.63) is 38.9 Å². The van der Waals surface area contributed by atoms with Crippen molar-refractivity contribution in [2.45, 2.75) is 33.1 Å². The van der Waals surface area contributed by atoms with E-state index in [4.69, 9.17) is 11.6 Å². The first kappa shape index (κ1) is 18.4. The zero-order valence-corrected chi connectivity index (χ0v) is 13.5. The summed E-state index contributed by atoms with van der Waals surface area (Å²) < 4.78 is 0. The summed E-state index contributed by atoms with van der Waals surface area (Å²) in [6.07, 6.45) is 2.17. The molecule has 0 spiro atoms. The largest absolute Gasteiger partial charge is 0.396 e. The Morgan fingerprint density at radius 1 is 1.41 bits per heavy atom. The molecule has 1 rings (SSSR count). The number of halogens is 1. The summed E-state index contributed by atoms with van der Waals surface area (Å²) in [6, 6.07) is 3.96. The van der Waals surface area contributed by atoms with E-state index in [9.17, 15) is 20.0 Å². The van der Waals surface area contributed by atoms with Gasteiger partial charge in [0.05, 0.1) is 4.92 Å². The summed E-state index contributed by atoms with van der Waals surface area (Å²) in [5, 5.41) is 23.2. The number of nitro benzene ring substituents is 1. The normalized spacial score (nSPS) is 11.3. The Morgan fingerprint density at radius 2 is 2.05 bits per heavy atom. The van der Waals surface area contributed by atoms with Gasteiger partial charge in [0.2, 0.25) is 0 Å². The van der Waals surface area contributed by atoms with Crippen LogP contribution >= 0.6 is 11.6 Å². The number of nitrogens with one attached hydrogen (secondary N) is 1. The van der Waals surface area contributed by atoms with Gasteiger partial charge < -0.3 is 10.4 Å². The minimum absolute atomic E-state index is 0.0143. The summed E-state index contributed by atoms with van der Waals surface area (Å²) in [6.45, 7) is 4.39. The van der Waals surface area contributed by atoms with Gasteiger partial charge in [-0.1, -0.05) is 25.4 Å². The summed E-state index contributed by atoms with van der Waals surface area (Å²) in [5.74, 6) is -0.507. The van der Waals surface area contributed by atoms with E-state index in [-0.39, 0.29) is 28.3 Å². The average molecular weight is 329 g/mol. The van der Waals surface area contributed by atoms with E-state index in [0.29, 0.717) is 13.0 Å². The molecule has 0 radical (unpaired) electrons. The van der Waals surface area contributed by atoms with Crippen molar-refractivity contribution in [3.63, 3.8) is 0 Å². The minimum Gasteiger partial charge on any atom is -0.396 e. The van der Waals surface area contributed by atoms with Crippen molar-refractivity contribution >= 4 is 23.2 Å². The lowest BCUT2D eigenvalue weighted by Gasteiger charge is -2.31. The van der Waals surface area contributed by atoms with Crippen LogP contribution in [0.1, 0.15) is 43.5 Å². The summed E-state index contributed by atoms with van der Waals surface area (Å²) >= 11 is 5.74. The molecule has 0 aliphatic heterocycles. The zero-order valence-electron chi connectivity index (χ0n) is 12.8. The Balaban J connectivity index is 2.92. The van der Waals surface area contributed by atoms with E-state index in [0.717, 1.165) is 18.9 Å². The number of benzene rings is 1. The van der Waals surface area contributed by atoms with E-state index >= 15 is 0 Å². The lowest BCUT2D eigenvalue weighted by atomic mass is 9.79. The fourth-order valence-corrected chi connectivity index (χ4v) is 2.56. The number of aliphatic hydroxyl groups excluding tert-OH is 1. The third-order valence-corrected chi connectivity index (χ3v) is 4.40. The third-order valence-electron chi connectivity index (χ3n) is 4.17. The van der Waals surface area contributed by atoms with Crippen LogP contribution in [0.4, 0.5) is 5.69 Å². The Kier molecular flexibility index (Phi) is 6.77. The minimum atomic E-state index is -0.624. The maximum atomic E-state index is 12.2. The Hall–Kier alpha value is -1.66. The van der Waals surface area contributed by atoms with Gasteiger partial charge >= 0.3 is 0 Å². The first-order chi connectivity index (χ1) is 10.4. The van der Waals surface area contributed by atoms with Crippen molar-refractivity contribution in [2.75, 3.05) is 13.2 Å². The van der Waals surface area contributed by atoms with Crippen molar-refractivity contribution < 1.29 is 14.8 Å². The number of carbonyl (C=O) groups excluding carboxylic acids is 1. The van der Waals surface area contributed by atoms with Crippen LogP contribution in [0, 0.1) is 15.5 Å². The van der Waals surface area contributed by atoms with Crippen LogP contribution in [-0.4, -0.2) is 29.1 Å². The van der Waals surface area contributed by atoms with Crippen LogP contribution < -0.4 is 5.32 Å². The average Bonchev–Trinajstić information content (AvgIpc) is 2.51. The molecule has 0 fully saturated rings. The highest BCUT2D eigenvalue weighted by Crippen LogP contribution is 2.30. The first-order valence-corrected chi connectivity index (χ1v) is 7.60. The number of amides is 1. The van der Waals surface area contributed by atoms with Gasteiger partial charge in [0.25, 0.3) is 11.6 Å². The number of carbonyl (C=O) groups is 1. The van der Waals surface area contributed by atoms with Crippen LogP contribution in [-0.2, 0) is 0 Å². The van der Waals surface area contributed by atoms with Crippen molar-refractivity contribution in [1.82, 2.24) is 5.32 Å². The third kappa shape index (κ3) is 4.42. The molecule has 0 aliphatic rings. The van der Waals surface area contributed by atoms with Gasteiger partial charge in [0, 0.05) is 24.2 Å². The first-order valence-electron chi connectivity index (χ1n) is 7.22. The number of hydrogen-bond acceptors (Lipinski definition) is 4. The monoisotopic (exact) mass is 328 g/mol. The molecular weight excluding hydrogens is 308 g/mol. The topological polar surface area (TPSA) is 92.5 Å². The van der Waals surface area contributed by atoms with E-state index in [2.05, 4.69) is 5.32 Å². The van der Waals surface area contributed by atoms with E-state index in [1.165, 1.54) is 12.1 Å². The van der Waals surface area contributed by atoms with Gasteiger partial charge in [-0.25, -0.2) is 0 Å². The van der Waals surface area contributed by atoms with Crippen LogP contribution in [0.3, 0.4) is 0 Å². The summed E-state index contributed by atoms with van der Waals surface area (Å²) in [5.41, 5.74) is -0.531. The Labute approximate surface area is 134 Å². The van der Waals surface area contributed by atoms with Gasteiger partial charge in [0.15, 0.2) is 0 Å². The highest BCUT2D eigenvalue weighted by atomic mass is 35.5. The molecular formula is C15H21ClN2O4. The van der Waals surface area contributed by atoms with Crippen molar-refractivity contribution in [3.8, 4) is 0 Å². The fourth-order valence-electron chi connectivity index (χ4n) is 2.39. The van der Waals surface area contributed by atoms with Crippen LogP contribution in [0.2, 0.25) is 5.02 Å². The van der Waals surface area contributed by atoms with Gasteiger partial charge in [-0.15, -0.1) is 0 Å². The van der Waals surface area contributed by atoms with E-state index in [1.807, 2.05) is 13.8 Å². The molecule has 0 bridgehead atoms. The molecule has 122 valence electrons. The summed E-state index contributed by atoms with van der Waals surface area (Å²) in [7, 11) is 0. The molecule has 0 aromatic heterocycles. The predicted molar refractivity (Wildman–Crippen MR) is 85.2 cm³/mol. The molecule has 0 unspecified atom stereocenters. The highest BCUT2D eigenvalue weighted by Gasteiger charge is 2.28. The number of aliphatic hydroxyl groups is 1. The van der Waals surface area contributed by atoms with Crippen molar-refractivity contribution in [1.29, 1.82) is 0 Å². The molecule has 1 amide bonds. The Morgan fingerprint density at radius 3 is 2.55 bits per heavy atom. The molecule has 1 aromatic rings.